The second kappa shape index (κ2) is 23.7. The SMILES string of the molecule is CCC.CCC(C)C(C(CC)OC)N(C)C(=O)CN.COC(C(C)C(=O)NC(CC1=CCCC=C1)c1nccs1)C1CCCN1C=O. The van der Waals surface area contributed by atoms with Gasteiger partial charge in [0.05, 0.1) is 42.8 Å². The number of allylic oxidation sites excluding steroid dienone is 3. The Kier molecular flexibility index (Phi) is 21.4. The number of ether oxygens (including phenoxy) is 2. The topological polar surface area (TPSA) is 127 Å². The zero-order chi connectivity index (χ0) is 35.4. The van der Waals surface area contributed by atoms with E-state index in [1.807, 2.05) is 19.4 Å². The molecule has 1 aliphatic heterocycles. The predicted octanol–water partition coefficient (Wildman–Crippen LogP) is 5.90. The molecular formula is C36H63N5O5S. The molecule has 0 saturated carbocycles. The number of carbonyl (C=O) groups is 3. The van der Waals surface area contributed by atoms with Gasteiger partial charge in [0.25, 0.3) is 0 Å². The Bertz CT molecular complexity index is 1080. The Labute approximate surface area is 288 Å². The summed E-state index contributed by atoms with van der Waals surface area (Å²) in [6.07, 6.45) is 16.7. The van der Waals surface area contributed by atoms with Crippen molar-refractivity contribution in [3.63, 3.8) is 0 Å². The molecule has 3 amide bonds. The summed E-state index contributed by atoms with van der Waals surface area (Å²) >= 11 is 1.55. The first-order chi connectivity index (χ1) is 22.6. The zero-order valence-electron chi connectivity index (χ0n) is 30.4. The molecule has 1 aromatic rings. The summed E-state index contributed by atoms with van der Waals surface area (Å²) in [5.41, 5.74) is 6.63. The number of aromatic nitrogens is 1. The Morgan fingerprint density at radius 2 is 1.87 bits per heavy atom. The number of nitrogens with zero attached hydrogens (tertiary/aromatic N) is 3. The fourth-order valence-electron chi connectivity index (χ4n) is 6.20. The van der Waals surface area contributed by atoms with E-state index < -0.39 is 0 Å². The fraction of sp³-hybridized carbons (Fsp3) is 0.722. The molecule has 0 bridgehead atoms. The maximum absolute atomic E-state index is 13.1. The molecule has 1 fully saturated rings. The average Bonchev–Trinajstić information content (AvgIpc) is 3.80. The van der Waals surface area contributed by atoms with E-state index in [1.165, 1.54) is 12.0 Å². The highest BCUT2D eigenvalue weighted by atomic mass is 32.1. The van der Waals surface area contributed by atoms with Crippen LogP contribution in [-0.4, -0.2) is 91.7 Å². The van der Waals surface area contributed by atoms with Gasteiger partial charge in [-0.05, 0) is 50.0 Å². The molecule has 268 valence electrons. The van der Waals surface area contributed by atoms with Gasteiger partial charge in [0.15, 0.2) is 0 Å². The van der Waals surface area contributed by atoms with Crippen LogP contribution < -0.4 is 11.1 Å². The van der Waals surface area contributed by atoms with Crippen LogP contribution in [0.3, 0.4) is 0 Å². The summed E-state index contributed by atoms with van der Waals surface area (Å²) in [6, 6.07) is -0.103. The monoisotopic (exact) mass is 677 g/mol. The van der Waals surface area contributed by atoms with Crippen molar-refractivity contribution in [2.75, 3.05) is 34.4 Å². The van der Waals surface area contributed by atoms with Crippen LogP contribution in [0.1, 0.15) is 104 Å². The van der Waals surface area contributed by atoms with E-state index >= 15 is 0 Å². The Morgan fingerprint density at radius 1 is 1.17 bits per heavy atom. The molecule has 2 aliphatic rings. The molecule has 1 aliphatic carbocycles. The van der Waals surface area contributed by atoms with E-state index in [0.717, 1.165) is 62.9 Å². The Balaban J connectivity index is 0.000000495. The molecule has 3 rings (SSSR count). The zero-order valence-corrected chi connectivity index (χ0v) is 31.3. The van der Waals surface area contributed by atoms with Crippen LogP contribution >= 0.6 is 11.3 Å². The lowest BCUT2D eigenvalue weighted by atomic mass is 9.91. The largest absolute Gasteiger partial charge is 0.379 e. The van der Waals surface area contributed by atoms with Crippen molar-refractivity contribution in [3.05, 3.63) is 40.4 Å². The van der Waals surface area contributed by atoms with Gasteiger partial charge in [0.1, 0.15) is 5.01 Å². The Hall–Kier alpha value is -2.60. The third-order valence-electron chi connectivity index (χ3n) is 8.94. The van der Waals surface area contributed by atoms with E-state index in [0.29, 0.717) is 5.92 Å². The summed E-state index contributed by atoms with van der Waals surface area (Å²) in [4.78, 5) is 44.0. The number of hydrogen-bond donors (Lipinski definition) is 2. The van der Waals surface area contributed by atoms with Crippen molar-refractivity contribution < 1.29 is 23.9 Å². The van der Waals surface area contributed by atoms with Gasteiger partial charge in [-0.2, -0.15) is 0 Å². The normalized spacial score (nSPS) is 19.4. The maximum atomic E-state index is 13.1. The van der Waals surface area contributed by atoms with Crippen molar-refractivity contribution in [1.82, 2.24) is 20.1 Å². The predicted molar refractivity (Wildman–Crippen MR) is 192 cm³/mol. The van der Waals surface area contributed by atoms with Crippen LogP contribution in [0.15, 0.2) is 35.4 Å². The molecule has 10 nitrogen and oxygen atoms in total. The molecule has 2 heterocycles. The van der Waals surface area contributed by atoms with Crippen molar-refractivity contribution in [1.29, 1.82) is 0 Å². The van der Waals surface area contributed by atoms with Gasteiger partial charge in [-0.1, -0.05) is 72.6 Å². The van der Waals surface area contributed by atoms with Crippen LogP contribution in [0.4, 0.5) is 0 Å². The van der Waals surface area contributed by atoms with Gasteiger partial charge in [-0.15, -0.1) is 11.3 Å². The average molecular weight is 678 g/mol. The highest BCUT2D eigenvalue weighted by Gasteiger charge is 2.38. The van der Waals surface area contributed by atoms with Crippen molar-refractivity contribution in [3.8, 4) is 0 Å². The third kappa shape index (κ3) is 13.4. The van der Waals surface area contributed by atoms with Crippen LogP contribution in [-0.2, 0) is 23.9 Å². The number of thiazole rings is 1. The van der Waals surface area contributed by atoms with E-state index in [1.54, 1.807) is 41.6 Å². The Morgan fingerprint density at radius 3 is 2.36 bits per heavy atom. The van der Waals surface area contributed by atoms with Crippen molar-refractivity contribution in [2.24, 2.45) is 17.6 Å². The third-order valence-corrected chi connectivity index (χ3v) is 9.83. The second-order valence-corrected chi connectivity index (χ2v) is 13.3. The molecule has 1 saturated heterocycles. The van der Waals surface area contributed by atoms with E-state index in [-0.39, 0.29) is 54.6 Å². The molecule has 3 N–H and O–H groups in total. The van der Waals surface area contributed by atoms with Gasteiger partial charge < -0.3 is 30.3 Å². The number of carbonyl (C=O) groups excluding carboxylic acids is 3. The number of hydrogen-bond acceptors (Lipinski definition) is 8. The number of methoxy groups -OCH3 is 2. The van der Waals surface area contributed by atoms with Crippen LogP contribution in [0.25, 0.3) is 0 Å². The lowest BCUT2D eigenvalue weighted by molar-refractivity contribution is -0.135. The first-order valence-corrected chi connectivity index (χ1v) is 18.2. The summed E-state index contributed by atoms with van der Waals surface area (Å²) in [7, 11) is 5.13. The molecule has 1 aromatic heterocycles. The first kappa shape index (κ1) is 42.4. The summed E-state index contributed by atoms with van der Waals surface area (Å²) in [5.74, 6) is -0.0507. The quantitative estimate of drug-likeness (QED) is 0.209. The van der Waals surface area contributed by atoms with E-state index in [4.69, 9.17) is 15.2 Å². The number of amides is 3. The molecule has 0 spiro atoms. The molecule has 0 aromatic carbocycles. The smallest absolute Gasteiger partial charge is 0.236 e. The van der Waals surface area contributed by atoms with Crippen molar-refractivity contribution in [2.45, 2.75) is 123 Å². The lowest BCUT2D eigenvalue weighted by Crippen LogP contribution is -2.50. The second-order valence-electron chi connectivity index (χ2n) is 12.4. The standard InChI is InChI=1S/C21H29N3O3S.C12H26N2O2.C3H8/c1-15(19(27-2)18-9-6-11-24(18)14-25)20(26)23-17(21-22-10-12-28-21)13-16-7-4-3-5-8-16;1-6-9(3)12(10(7-2)16-5)14(4)11(15)8-13;1-3-2/h4,7-8,10,12,14-15,17-19H,3,5-6,9,11,13H2,1-2H3,(H,23,26);9-10,12H,6-8,13H2,1-5H3;3H2,1-2H3. The molecule has 7 unspecified atom stereocenters. The van der Waals surface area contributed by atoms with Gasteiger partial charge in [-0.3, -0.25) is 14.4 Å². The summed E-state index contributed by atoms with van der Waals surface area (Å²) in [5, 5.41) is 6.02. The summed E-state index contributed by atoms with van der Waals surface area (Å²) in [6.45, 7) is 13.3. The number of likely N-dealkylation sites (N-methyl/N-ethyl adjacent to an activating group) is 1. The molecule has 7 atom stereocenters. The van der Waals surface area contributed by atoms with Crippen LogP contribution in [0.2, 0.25) is 0 Å². The highest BCUT2D eigenvalue weighted by molar-refractivity contribution is 7.09. The van der Waals surface area contributed by atoms with E-state index in [9.17, 15) is 14.4 Å². The van der Waals surface area contributed by atoms with Crippen LogP contribution in [0.5, 0.6) is 0 Å². The minimum atomic E-state index is -0.367. The molecular weight excluding hydrogens is 614 g/mol. The molecule has 0 radical (unpaired) electrons. The molecule has 47 heavy (non-hydrogen) atoms. The van der Waals surface area contributed by atoms with Gasteiger partial charge >= 0.3 is 0 Å². The van der Waals surface area contributed by atoms with Crippen molar-refractivity contribution >= 4 is 29.6 Å². The first-order valence-electron chi connectivity index (χ1n) is 17.4. The number of rotatable bonds is 16. The highest BCUT2D eigenvalue weighted by Crippen LogP contribution is 2.29. The molecule has 11 heteroatoms. The van der Waals surface area contributed by atoms with Gasteiger partial charge in [-0.25, -0.2) is 4.98 Å². The minimum Gasteiger partial charge on any atom is -0.379 e. The summed E-state index contributed by atoms with van der Waals surface area (Å²) < 4.78 is 11.1. The minimum absolute atomic E-state index is 0.0270. The number of nitrogens with two attached hydrogens (primary N) is 1. The van der Waals surface area contributed by atoms with E-state index in [2.05, 4.69) is 63.1 Å². The van der Waals surface area contributed by atoms with Gasteiger partial charge in [0, 0.05) is 39.4 Å². The lowest BCUT2D eigenvalue weighted by Gasteiger charge is -2.37. The van der Waals surface area contributed by atoms with Gasteiger partial charge in [0.2, 0.25) is 18.2 Å². The number of likely N-dealkylation sites (tertiary alicyclic amines) is 1. The maximum Gasteiger partial charge on any atom is 0.236 e. The van der Waals surface area contributed by atoms with Crippen LogP contribution in [0, 0.1) is 11.8 Å². The number of nitrogens with one attached hydrogen (secondary N) is 1. The fourth-order valence-corrected chi connectivity index (χ4v) is 6.89.